The van der Waals surface area contributed by atoms with Crippen LogP contribution in [0, 0.1) is 13.8 Å². The molecule has 0 aromatic heterocycles. The van der Waals surface area contributed by atoms with Crippen LogP contribution in [0.2, 0.25) is 0 Å². The summed E-state index contributed by atoms with van der Waals surface area (Å²) >= 11 is 0. The van der Waals surface area contributed by atoms with Crippen molar-refractivity contribution in [3.8, 4) is 0 Å². The molecule has 1 aromatic rings. The molecule has 3 rings (SSSR count). The number of rotatable bonds is 2. The molecule has 0 saturated carbocycles. The zero-order valence-corrected chi connectivity index (χ0v) is 14.7. The van der Waals surface area contributed by atoms with Crippen molar-refractivity contribution in [3.63, 3.8) is 0 Å². The number of fused-ring (bicyclic) bond motifs is 2. The number of sulfone groups is 1. The quantitative estimate of drug-likeness (QED) is 0.903. The lowest BCUT2D eigenvalue weighted by Crippen LogP contribution is -2.51. The Balaban J connectivity index is 1.73. The van der Waals surface area contributed by atoms with E-state index in [4.69, 9.17) is 0 Å². The van der Waals surface area contributed by atoms with Crippen molar-refractivity contribution in [2.75, 3.05) is 11.6 Å². The van der Waals surface area contributed by atoms with Gasteiger partial charge in [0, 0.05) is 24.0 Å². The van der Waals surface area contributed by atoms with Gasteiger partial charge in [0.1, 0.15) is 9.84 Å². The molecule has 2 heterocycles. The molecule has 5 nitrogen and oxygen atoms in total. The third kappa shape index (κ3) is 3.22. The first-order chi connectivity index (χ1) is 10.8. The standard InChI is InChI=1S/C17H24N2O3S/c1-11-4-5-13(8-12(11)2)18-17(20)19-14-6-7-15(19)10-16(9-14)23(3,21)22/h4-5,8,14-16H,6-7,9-10H2,1-3H3,(H,18,20). The highest BCUT2D eigenvalue weighted by molar-refractivity contribution is 7.91. The molecule has 0 spiro atoms. The lowest BCUT2D eigenvalue weighted by molar-refractivity contribution is 0.160. The van der Waals surface area contributed by atoms with E-state index >= 15 is 0 Å². The van der Waals surface area contributed by atoms with Crippen LogP contribution >= 0.6 is 0 Å². The number of hydrogen-bond donors (Lipinski definition) is 1. The van der Waals surface area contributed by atoms with Gasteiger partial charge >= 0.3 is 6.03 Å². The van der Waals surface area contributed by atoms with E-state index < -0.39 is 9.84 Å². The van der Waals surface area contributed by atoms with Crippen LogP contribution in [-0.2, 0) is 9.84 Å². The Morgan fingerprint density at radius 1 is 1.13 bits per heavy atom. The van der Waals surface area contributed by atoms with E-state index in [0.29, 0.717) is 12.8 Å². The van der Waals surface area contributed by atoms with Gasteiger partial charge < -0.3 is 10.2 Å². The van der Waals surface area contributed by atoms with Crippen molar-refractivity contribution in [2.45, 2.75) is 56.9 Å². The summed E-state index contributed by atoms with van der Waals surface area (Å²) in [7, 11) is -3.03. The molecule has 2 bridgehead atoms. The van der Waals surface area contributed by atoms with Crippen LogP contribution in [0.1, 0.15) is 36.8 Å². The maximum absolute atomic E-state index is 12.6. The third-order valence-corrected chi connectivity index (χ3v) is 6.88. The normalized spacial score (nSPS) is 27.1. The van der Waals surface area contributed by atoms with E-state index in [1.54, 1.807) is 0 Å². The van der Waals surface area contributed by atoms with Crippen LogP contribution in [-0.4, -0.2) is 42.9 Å². The van der Waals surface area contributed by atoms with E-state index in [2.05, 4.69) is 5.32 Å². The topological polar surface area (TPSA) is 66.5 Å². The summed E-state index contributed by atoms with van der Waals surface area (Å²) in [5, 5.41) is 2.67. The van der Waals surface area contributed by atoms with Crippen molar-refractivity contribution in [1.29, 1.82) is 0 Å². The van der Waals surface area contributed by atoms with Crippen molar-refractivity contribution < 1.29 is 13.2 Å². The van der Waals surface area contributed by atoms with Gasteiger partial charge in [-0.05, 0) is 62.8 Å². The van der Waals surface area contributed by atoms with Crippen LogP contribution in [0.25, 0.3) is 0 Å². The molecule has 23 heavy (non-hydrogen) atoms. The highest BCUT2D eigenvalue weighted by Crippen LogP contribution is 2.38. The van der Waals surface area contributed by atoms with Crippen LogP contribution < -0.4 is 5.32 Å². The van der Waals surface area contributed by atoms with Crippen LogP contribution in [0.4, 0.5) is 10.5 Å². The van der Waals surface area contributed by atoms with Crippen molar-refractivity contribution in [1.82, 2.24) is 4.90 Å². The Morgan fingerprint density at radius 3 is 2.26 bits per heavy atom. The van der Waals surface area contributed by atoms with Gasteiger partial charge in [0.15, 0.2) is 0 Å². The number of nitrogens with zero attached hydrogens (tertiary/aromatic N) is 1. The molecule has 0 radical (unpaired) electrons. The van der Waals surface area contributed by atoms with Crippen LogP contribution in [0.5, 0.6) is 0 Å². The molecule has 2 fully saturated rings. The van der Waals surface area contributed by atoms with E-state index in [0.717, 1.165) is 24.1 Å². The predicted octanol–water partition coefficient (Wildman–Crippen LogP) is 2.88. The van der Waals surface area contributed by atoms with Crippen LogP contribution in [0.15, 0.2) is 18.2 Å². The van der Waals surface area contributed by atoms with Gasteiger partial charge in [-0.25, -0.2) is 13.2 Å². The van der Waals surface area contributed by atoms with Crippen molar-refractivity contribution in [2.24, 2.45) is 0 Å². The number of aryl methyl sites for hydroxylation is 2. The Morgan fingerprint density at radius 2 is 1.74 bits per heavy atom. The smallest absolute Gasteiger partial charge is 0.318 e. The summed E-state index contributed by atoms with van der Waals surface area (Å²) in [6.07, 6.45) is 4.24. The first-order valence-electron chi connectivity index (χ1n) is 8.11. The van der Waals surface area contributed by atoms with Gasteiger partial charge in [0.05, 0.1) is 5.25 Å². The Bertz CT molecular complexity index is 715. The fourth-order valence-electron chi connectivity index (χ4n) is 3.82. The predicted molar refractivity (Wildman–Crippen MR) is 91.4 cm³/mol. The molecule has 6 heteroatoms. The van der Waals surface area contributed by atoms with E-state index in [-0.39, 0.29) is 23.4 Å². The molecular weight excluding hydrogens is 312 g/mol. The average Bonchev–Trinajstić information content (AvgIpc) is 2.72. The van der Waals surface area contributed by atoms with Crippen molar-refractivity contribution in [3.05, 3.63) is 29.3 Å². The number of hydrogen-bond acceptors (Lipinski definition) is 3. The first-order valence-corrected chi connectivity index (χ1v) is 10.1. The molecular formula is C17H24N2O3S. The molecule has 1 N–H and O–H groups in total. The van der Waals surface area contributed by atoms with Gasteiger partial charge in [-0.2, -0.15) is 0 Å². The molecule has 2 aliphatic heterocycles. The second-order valence-electron chi connectivity index (χ2n) is 6.94. The average molecular weight is 336 g/mol. The summed E-state index contributed by atoms with van der Waals surface area (Å²) in [5.41, 5.74) is 3.13. The molecule has 2 amide bonds. The number of nitrogens with one attached hydrogen (secondary N) is 1. The Labute approximate surface area is 138 Å². The minimum Gasteiger partial charge on any atom is -0.318 e. The number of anilines is 1. The maximum atomic E-state index is 12.6. The van der Waals surface area contributed by atoms with Gasteiger partial charge in [-0.3, -0.25) is 0 Å². The fraction of sp³-hybridized carbons (Fsp3) is 0.588. The second kappa shape index (κ2) is 5.82. The fourth-order valence-corrected chi connectivity index (χ4v) is 4.96. The summed E-state index contributed by atoms with van der Waals surface area (Å²) in [6.45, 7) is 4.06. The number of urea groups is 1. The summed E-state index contributed by atoms with van der Waals surface area (Å²) in [6, 6.07) is 5.85. The SMILES string of the molecule is Cc1ccc(NC(=O)N2C3CCC2CC(S(C)(=O)=O)C3)cc1C. The largest absolute Gasteiger partial charge is 0.322 e. The molecule has 2 atom stereocenters. The molecule has 0 aliphatic carbocycles. The second-order valence-corrected chi connectivity index (χ2v) is 9.27. The number of carbonyl (C=O) groups is 1. The molecule has 2 aliphatic rings. The summed E-state index contributed by atoms with van der Waals surface area (Å²) in [5.74, 6) is 0. The minimum absolute atomic E-state index is 0.0417. The number of benzene rings is 1. The van der Waals surface area contributed by atoms with E-state index in [9.17, 15) is 13.2 Å². The molecule has 2 unspecified atom stereocenters. The monoisotopic (exact) mass is 336 g/mol. The zero-order valence-electron chi connectivity index (χ0n) is 13.9. The first kappa shape index (κ1) is 16.3. The molecule has 126 valence electrons. The van der Waals surface area contributed by atoms with Gasteiger partial charge in [-0.1, -0.05) is 6.07 Å². The Hall–Kier alpha value is -1.56. The highest BCUT2D eigenvalue weighted by Gasteiger charge is 2.45. The van der Waals surface area contributed by atoms with Gasteiger partial charge in [0.25, 0.3) is 0 Å². The molecule has 2 saturated heterocycles. The molecule has 1 aromatic carbocycles. The van der Waals surface area contributed by atoms with Crippen molar-refractivity contribution >= 4 is 21.6 Å². The van der Waals surface area contributed by atoms with Gasteiger partial charge in [0.2, 0.25) is 0 Å². The summed E-state index contributed by atoms with van der Waals surface area (Å²) in [4.78, 5) is 14.5. The third-order valence-electron chi connectivity index (χ3n) is 5.29. The Kier molecular flexibility index (Phi) is 4.12. The highest BCUT2D eigenvalue weighted by atomic mass is 32.2. The maximum Gasteiger partial charge on any atom is 0.322 e. The lowest BCUT2D eigenvalue weighted by Gasteiger charge is -2.38. The lowest BCUT2D eigenvalue weighted by atomic mass is 10.0. The van der Waals surface area contributed by atoms with E-state index in [1.165, 1.54) is 11.8 Å². The minimum atomic E-state index is -3.03. The van der Waals surface area contributed by atoms with Crippen LogP contribution in [0.3, 0.4) is 0 Å². The van der Waals surface area contributed by atoms with Gasteiger partial charge in [-0.15, -0.1) is 0 Å². The number of carbonyl (C=O) groups excluding carboxylic acids is 1. The zero-order chi connectivity index (χ0) is 16.8. The summed E-state index contributed by atoms with van der Waals surface area (Å²) < 4.78 is 23.6. The number of amides is 2. The number of piperidine rings is 1. The van der Waals surface area contributed by atoms with E-state index in [1.807, 2.05) is 36.9 Å².